The van der Waals surface area contributed by atoms with Crippen molar-refractivity contribution < 1.29 is 0 Å². The second kappa shape index (κ2) is 6.82. The maximum absolute atomic E-state index is 6.03. The number of benzene rings is 3. The van der Waals surface area contributed by atoms with E-state index in [9.17, 15) is 0 Å². The van der Waals surface area contributed by atoms with Gasteiger partial charge in [-0.1, -0.05) is 70.0 Å². The van der Waals surface area contributed by atoms with Crippen LogP contribution in [-0.4, -0.2) is 11.5 Å². The lowest BCUT2D eigenvalue weighted by molar-refractivity contribution is 1.03. The number of hydrogen-bond acceptors (Lipinski definition) is 3. The Hall–Kier alpha value is -2.43. The number of rotatable bonds is 2. The molecule has 122 valence electrons. The summed E-state index contributed by atoms with van der Waals surface area (Å²) in [4.78, 5) is 4.79. The Morgan fingerprint density at radius 3 is 2.36 bits per heavy atom. The van der Waals surface area contributed by atoms with Gasteiger partial charge in [0.05, 0.1) is 5.69 Å². The zero-order chi connectivity index (χ0) is 17.2. The van der Waals surface area contributed by atoms with E-state index in [1.165, 1.54) is 0 Å². The second-order valence-electron chi connectivity index (χ2n) is 5.57. The molecule has 0 aromatic heterocycles. The van der Waals surface area contributed by atoms with Gasteiger partial charge in [0.2, 0.25) is 0 Å². The molecule has 1 aliphatic heterocycles. The normalized spacial score (nSPS) is 13.2. The Morgan fingerprint density at radius 2 is 1.60 bits per heavy atom. The molecule has 0 atom stereocenters. The molecule has 5 heteroatoms. The van der Waals surface area contributed by atoms with Crippen LogP contribution in [0, 0.1) is 0 Å². The quantitative estimate of drug-likeness (QED) is 0.592. The smallest absolute Gasteiger partial charge is 0.154 e. The van der Waals surface area contributed by atoms with Crippen LogP contribution in [0.25, 0.3) is 0 Å². The molecule has 3 aromatic carbocycles. The average molecular weight is 411 g/mol. The van der Waals surface area contributed by atoms with Crippen molar-refractivity contribution in [3.8, 4) is 0 Å². The lowest BCUT2D eigenvalue weighted by atomic mass is 10.0. The van der Waals surface area contributed by atoms with Crippen molar-refractivity contribution in [2.45, 2.75) is 0 Å². The first-order chi connectivity index (χ1) is 12.2. The van der Waals surface area contributed by atoms with E-state index in [1.807, 2.05) is 72.8 Å². The topological polar surface area (TPSA) is 36.8 Å². The van der Waals surface area contributed by atoms with Gasteiger partial charge in [0, 0.05) is 26.2 Å². The second-order valence-corrected chi connectivity index (χ2v) is 6.92. The van der Waals surface area contributed by atoms with Crippen molar-refractivity contribution in [3.63, 3.8) is 0 Å². The van der Waals surface area contributed by atoms with E-state index in [0.29, 0.717) is 10.9 Å². The Balaban J connectivity index is 1.87. The molecule has 1 aliphatic rings. The first-order valence-corrected chi connectivity index (χ1v) is 8.91. The summed E-state index contributed by atoms with van der Waals surface area (Å²) in [5.74, 6) is 0.716. The summed E-state index contributed by atoms with van der Waals surface area (Å²) in [5.41, 5.74) is 7.71. The Kier molecular flexibility index (Phi) is 4.38. The number of halogens is 2. The predicted molar refractivity (Wildman–Crippen MR) is 107 cm³/mol. The fourth-order valence-electron chi connectivity index (χ4n) is 2.66. The summed E-state index contributed by atoms with van der Waals surface area (Å²) < 4.78 is 0.978. The Morgan fingerprint density at radius 1 is 0.840 bits per heavy atom. The summed E-state index contributed by atoms with van der Waals surface area (Å²) in [6, 6.07) is 23.6. The Labute approximate surface area is 159 Å². The molecule has 0 amide bonds. The van der Waals surface area contributed by atoms with E-state index >= 15 is 0 Å². The van der Waals surface area contributed by atoms with Crippen LogP contribution < -0.4 is 5.43 Å². The van der Waals surface area contributed by atoms with Crippen LogP contribution in [0.4, 0.5) is 5.69 Å². The van der Waals surface area contributed by atoms with E-state index in [-0.39, 0.29) is 0 Å². The van der Waals surface area contributed by atoms with Crippen molar-refractivity contribution >= 4 is 44.8 Å². The largest absolute Gasteiger partial charge is 0.260 e. The molecule has 0 saturated carbocycles. The van der Waals surface area contributed by atoms with E-state index in [2.05, 4.69) is 26.5 Å². The molecule has 0 fully saturated rings. The summed E-state index contributed by atoms with van der Waals surface area (Å²) in [5, 5.41) is 5.33. The van der Waals surface area contributed by atoms with Crippen LogP contribution in [-0.2, 0) is 0 Å². The van der Waals surface area contributed by atoms with Gasteiger partial charge in [-0.2, -0.15) is 5.10 Å². The molecule has 0 saturated heterocycles. The van der Waals surface area contributed by atoms with Gasteiger partial charge >= 0.3 is 0 Å². The molecule has 0 aliphatic carbocycles. The van der Waals surface area contributed by atoms with Crippen LogP contribution in [0.2, 0.25) is 5.02 Å². The zero-order valence-electron chi connectivity index (χ0n) is 13.1. The molecule has 3 aromatic rings. The van der Waals surface area contributed by atoms with Gasteiger partial charge in [-0.05, 0) is 30.3 Å². The standard InChI is InChI=1S/C20H13BrClN3/c21-15-8-11-18-17(12-15)19(13-6-9-16(22)10-7-13)24-25-20(23-18)14-4-2-1-3-5-14/h1-12H,(H,23,25). The van der Waals surface area contributed by atoms with Gasteiger partial charge < -0.3 is 0 Å². The van der Waals surface area contributed by atoms with Crippen molar-refractivity contribution in [2.24, 2.45) is 10.1 Å². The van der Waals surface area contributed by atoms with Crippen molar-refractivity contribution in [1.82, 2.24) is 5.43 Å². The number of aliphatic imine (C=N–C) groups is 1. The molecule has 25 heavy (non-hydrogen) atoms. The number of hydrazone groups is 1. The van der Waals surface area contributed by atoms with E-state index in [1.54, 1.807) is 0 Å². The van der Waals surface area contributed by atoms with Crippen LogP contribution in [0.3, 0.4) is 0 Å². The van der Waals surface area contributed by atoms with Crippen LogP contribution in [0.15, 0.2) is 87.4 Å². The zero-order valence-corrected chi connectivity index (χ0v) is 15.4. The maximum Gasteiger partial charge on any atom is 0.154 e. The number of nitrogens with one attached hydrogen (secondary N) is 1. The molecule has 0 bridgehead atoms. The first kappa shape index (κ1) is 16.1. The SMILES string of the molecule is Clc1ccc(C2=NNC(c3ccccc3)=Nc3ccc(Br)cc32)cc1. The highest BCUT2D eigenvalue weighted by Gasteiger charge is 2.17. The number of nitrogens with zero attached hydrogens (tertiary/aromatic N) is 2. The molecule has 0 radical (unpaired) electrons. The lowest BCUT2D eigenvalue weighted by Crippen LogP contribution is -2.19. The van der Waals surface area contributed by atoms with Gasteiger partial charge in [-0.15, -0.1) is 0 Å². The third kappa shape index (κ3) is 3.36. The number of hydrogen-bond donors (Lipinski definition) is 1. The van der Waals surface area contributed by atoms with Crippen LogP contribution in [0.1, 0.15) is 16.7 Å². The molecule has 0 spiro atoms. The molecule has 3 nitrogen and oxygen atoms in total. The summed E-state index contributed by atoms with van der Waals surface area (Å²) >= 11 is 9.57. The minimum Gasteiger partial charge on any atom is -0.260 e. The van der Waals surface area contributed by atoms with Gasteiger partial charge in [0.15, 0.2) is 5.84 Å². The highest BCUT2D eigenvalue weighted by Crippen LogP contribution is 2.29. The Bertz CT molecular complexity index is 980. The van der Waals surface area contributed by atoms with Gasteiger partial charge in [0.1, 0.15) is 5.71 Å². The molecular weight excluding hydrogens is 398 g/mol. The van der Waals surface area contributed by atoms with E-state index < -0.39 is 0 Å². The van der Waals surface area contributed by atoms with Crippen molar-refractivity contribution in [3.05, 3.63) is 99.0 Å². The summed E-state index contributed by atoms with van der Waals surface area (Å²) in [6.07, 6.45) is 0. The molecular formula is C20H13BrClN3. The maximum atomic E-state index is 6.03. The van der Waals surface area contributed by atoms with Gasteiger partial charge in [0.25, 0.3) is 0 Å². The minimum atomic E-state index is 0.696. The monoisotopic (exact) mass is 409 g/mol. The van der Waals surface area contributed by atoms with Crippen molar-refractivity contribution in [2.75, 3.05) is 0 Å². The number of fused-ring (bicyclic) bond motifs is 1. The highest BCUT2D eigenvalue weighted by molar-refractivity contribution is 9.10. The van der Waals surface area contributed by atoms with Crippen LogP contribution in [0.5, 0.6) is 0 Å². The molecule has 1 heterocycles. The van der Waals surface area contributed by atoms with Crippen molar-refractivity contribution in [1.29, 1.82) is 0 Å². The predicted octanol–water partition coefficient (Wildman–Crippen LogP) is 5.54. The lowest BCUT2D eigenvalue weighted by Gasteiger charge is -2.08. The fraction of sp³-hybridized carbons (Fsp3) is 0. The highest BCUT2D eigenvalue weighted by atomic mass is 79.9. The summed E-state index contributed by atoms with van der Waals surface area (Å²) in [7, 11) is 0. The number of amidine groups is 1. The molecule has 1 N–H and O–H groups in total. The van der Waals surface area contributed by atoms with E-state index in [4.69, 9.17) is 16.6 Å². The third-order valence-electron chi connectivity index (χ3n) is 3.88. The first-order valence-electron chi connectivity index (χ1n) is 7.74. The molecule has 4 rings (SSSR count). The van der Waals surface area contributed by atoms with Gasteiger partial charge in [-0.25, -0.2) is 4.99 Å². The third-order valence-corrected chi connectivity index (χ3v) is 4.63. The van der Waals surface area contributed by atoms with Crippen LogP contribution >= 0.6 is 27.5 Å². The average Bonchev–Trinajstić information content (AvgIpc) is 2.83. The van der Waals surface area contributed by atoms with Gasteiger partial charge in [-0.3, -0.25) is 5.43 Å². The fourth-order valence-corrected chi connectivity index (χ4v) is 3.15. The summed E-state index contributed by atoms with van der Waals surface area (Å²) in [6.45, 7) is 0. The molecule has 0 unspecified atom stereocenters. The van der Waals surface area contributed by atoms with E-state index in [0.717, 1.165) is 32.6 Å². The minimum absolute atomic E-state index is 0.696.